The Kier molecular flexibility index (Phi) is 4.92. The summed E-state index contributed by atoms with van der Waals surface area (Å²) in [6.45, 7) is 1.64. The van der Waals surface area contributed by atoms with E-state index in [4.69, 9.17) is 5.11 Å². The third-order valence-electron chi connectivity index (χ3n) is 2.89. The molecular formula is C13H10Br2O4S2. The number of benzene rings is 1. The maximum atomic E-state index is 12.6. The summed E-state index contributed by atoms with van der Waals surface area (Å²) in [5.74, 6) is -1.33. The summed E-state index contributed by atoms with van der Waals surface area (Å²) in [5, 5.41) is 10.9. The fourth-order valence-corrected chi connectivity index (χ4v) is 6.11. The number of halogens is 2. The molecule has 1 heterocycles. The Morgan fingerprint density at radius 3 is 2.48 bits per heavy atom. The highest BCUT2D eigenvalue weighted by Gasteiger charge is 2.23. The molecule has 0 bridgehead atoms. The number of thiophene rings is 1. The van der Waals surface area contributed by atoms with E-state index in [0.717, 1.165) is 4.47 Å². The topological polar surface area (TPSA) is 71.4 Å². The van der Waals surface area contributed by atoms with Crippen LogP contribution in [0.3, 0.4) is 0 Å². The molecule has 112 valence electrons. The van der Waals surface area contributed by atoms with Crippen molar-refractivity contribution < 1.29 is 18.3 Å². The number of carbonyl (C=O) groups is 1. The van der Waals surface area contributed by atoms with Crippen molar-refractivity contribution in [2.24, 2.45) is 0 Å². The van der Waals surface area contributed by atoms with E-state index in [0.29, 0.717) is 14.9 Å². The molecule has 0 saturated heterocycles. The van der Waals surface area contributed by atoms with Crippen molar-refractivity contribution >= 4 is 59.0 Å². The molecule has 0 amide bonds. The van der Waals surface area contributed by atoms with Crippen LogP contribution in [0.4, 0.5) is 0 Å². The first-order chi connectivity index (χ1) is 9.72. The Labute approximate surface area is 143 Å². The maximum Gasteiger partial charge on any atom is 0.335 e. The second kappa shape index (κ2) is 6.20. The monoisotopic (exact) mass is 452 g/mol. The molecule has 4 nitrogen and oxygen atoms in total. The number of carboxylic acid groups (broad SMARTS) is 1. The second-order valence-electron chi connectivity index (χ2n) is 4.34. The van der Waals surface area contributed by atoms with Crippen LogP contribution in [-0.4, -0.2) is 19.5 Å². The van der Waals surface area contributed by atoms with Crippen LogP contribution in [0.2, 0.25) is 0 Å². The van der Waals surface area contributed by atoms with Crippen LogP contribution >= 0.6 is 43.2 Å². The Bertz CT molecular complexity index is 810. The zero-order valence-corrected chi connectivity index (χ0v) is 15.6. The van der Waals surface area contributed by atoms with Crippen LogP contribution in [0, 0.1) is 6.92 Å². The van der Waals surface area contributed by atoms with Crippen LogP contribution in [0.15, 0.2) is 37.4 Å². The zero-order valence-electron chi connectivity index (χ0n) is 10.8. The Hall–Kier alpha value is -0.700. The minimum absolute atomic E-state index is 0.0366. The van der Waals surface area contributed by atoms with Gasteiger partial charge < -0.3 is 5.11 Å². The lowest BCUT2D eigenvalue weighted by atomic mass is 10.1. The van der Waals surface area contributed by atoms with Crippen LogP contribution < -0.4 is 0 Å². The quantitative estimate of drug-likeness (QED) is 0.750. The van der Waals surface area contributed by atoms with Crippen LogP contribution in [0.1, 0.15) is 20.8 Å². The largest absolute Gasteiger partial charge is 0.478 e. The van der Waals surface area contributed by atoms with Crippen molar-refractivity contribution in [2.75, 3.05) is 0 Å². The van der Waals surface area contributed by atoms with E-state index < -0.39 is 15.8 Å². The van der Waals surface area contributed by atoms with Gasteiger partial charge in [0, 0.05) is 13.8 Å². The van der Waals surface area contributed by atoms with Gasteiger partial charge in [-0.3, -0.25) is 0 Å². The molecule has 0 atom stereocenters. The van der Waals surface area contributed by atoms with E-state index >= 15 is 0 Å². The SMILES string of the molecule is Cc1c(Br)cc(C(=O)O)cc1S(=O)(=O)Cc1sccc1Br. The van der Waals surface area contributed by atoms with E-state index in [2.05, 4.69) is 31.9 Å². The van der Waals surface area contributed by atoms with Gasteiger partial charge in [-0.1, -0.05) is 15.9 Å². The molecule has 1 aromatic heterocycles. The third kappa shape index (κ3) is 3.56. The number of rotatable bonds is 4. The minimum atomic E-state index is -3.63. The summed E-state index contributed by atoms with van der Waals surface area (Å²) < 4.78 is 26.3. The van der Waals surface area contributed by atoms with Gasteiger partial charge in [-0.25, -0.2) is 13.2 Å². The van der Waals surface area contributed by atoms with Crippen LogP contribution in [-0.2, 0) is 15.6 Å². The second-order valence-corrected chi connectivity index (χ2v) is 9.00. The van der Waals surface area contributed by atoms with Crippen molar-refractivity contribution in [2.45, 2.75) is 17.6 Å². The van der Waals surface area contributed by atoms with Gasteiger partial charge in [0.05, 0.1) is 16.2 Å². The molecule has 0 fully saturated rings. The maximum absolute atomic E-state index is 12.6. The van der Waals surface area contributed by atoms with Crippen molar-refractivity contribution in [3.8, 4) is 0 Å². The molecule has 1 aromatic carbocycles. The fraction of sp³-hybridized carbons (Fsp3) is 0.154. The van der Waals surface area contributed by atoms with E-state index in [1.54, 1.807) is 18.4 Å². The summed E-state index contributed by atoms with van der Waals surface area (Å²) in [4.78, 5) is 11.8. The fourth-order valence-electron chi connectivity index (χ4n) is 1.78. The van der Waals surface area contributed by atoms with E-state index in [9.17, 15) is 13.2 Å². The Morgan fingerprint density at radius 1 is 1.29 bits per heavy atom. The van der Waals surface area contributed by atoms with Crippen molar-refractivity contribution in [3.05, 3.63) is 48.5 Å². The van der Waals surface area contributed by atoms with Crippen LogP contribution in [0.5, 0.6) is 0 Å². The number of carboxylic acids is 1. The lowest BCUT2D eigenvalue weighted by Crippen LogP contribution is -2.09. The molecule has 0 radical (unpaired) electrons. The first kappa shape index (κ1) is 16.7. The van der Waals surface area contributed by atoms with Gasteiger partial charge in [0.2, 0.25) is 0 Å². The highest BCUT2D eigenvalue weighted by Crippen LogP contribution is 2.31. The average Bonchev–Trinajstić information content (AvgIpc) is 2.77. The summed E-state index contributed by atoms with van der Waals surface area (Å²) in [5.41, 5.74) is 0.448. The summed E-state index contributed by atoms with van der Waals surface area (Å²) >= 11 is 7.86. The highest BCUT2D eigenvalue weighted by molar-refractivity contribution is 9.10. The third-order valence-corrected chi connectivity index (χ3v) is 7.59. The lowest BCUT2D eigenvalue weighted by Gasteiger charge is -2.10. The molecule has 21 heavy (non-hydrogen) atoms. The molecule has 2 rings (SSSR count). The number of sulfone groups is 1. The van der Waals surface area contributed by atoms with Crippen LogP contribution in [0.25, 0.3) is 0 Å². The molecule has 0 aliphatic heterocycles. The highest BCUT2D eigenvalue weighted by atomic mass is 79.9. The van der Waals surface area contributed by atoms with Crippen molar-refractivity contribution in [1.82, 2.24) is 0 Å². The van der Waals surface area contributed by atoms with Gasteiger partial charge >= 0.3 is 5.97 Å². The average molecular weight is 454 g/mol. The van der Waals surface area contributed by atoms with Gasteiger partial charge in [0.15, 0.2) is 9.84 Å². The Morgan fingerprint density at radius 2 is 1.95 bits per heavy atom. The number of hydrogen-bond donors (Lipinski definition) is 1. The van der Waals surface area contributed by atoms with Gasteiger partial charge in [-0.15, -0.1) is 11.3 Å². The van der Waals surface area contributed by atoms with Gasteiger partial charge in [0.25, 0.3) is 0 Å². The predicted octanol–water partition coefficient (Wildman–Crippen LogP) is 4.25. The molecule has 0 aliphatic rings. The molecule has 0 aliphatic carbocycles. The van der Waals surface area contributed by atoms with Gasteiger partial charge in [-0.05, 0) is 52.0 Å². The molecule has 0 unspecified atom stereocenters. The molecular weight excluding hydrogens is 444 g/mol. The molecule has 1 N–H and O–H groups in total. The zero-order chi connectivity index (χ0) is 15.8. The lowest BCUT2D eigenvalue weighted by molar-refractivity contribution is 0.0696. The van der Waals surface area contributed by atoms with Gasteiger partial charge in [-0.2, -0.15) is 0 Å². The molecule has 0 saturated carbocycles. The number of aromatic carboxylic acids is 1. The van der Waals surface area contributed by atoms with Crippen molar-refractivity contribution in [1.29, 1.82) is 0 Å². The smallest absolute Gasteiger partial charge is 0.335 e. The first-order valence-corrected chi connectivity index (χ1v) is 9.82. The standard InChI is InChI=1S/C13H10Br2O4S2/c1-7-10(15)4-8(13(16)17)5-12(7)21(18,19)6-11-9(14)2-3-20-11/h2-5H,6H2,1H3,(H,16,17). The van der Waals surface area contributed by atoms with Gasteiger partial charge in [0.1, 0.15) is 0 Å². The summed E-state index contributed by atoms with van der Waals surface area (Å²) in [6, 6.07) is 4.39. The molecule has 0 spiro atoms. The first-order valence-electron chi connectivity index (χ1n) is 5.70. The summed E-state index contributed by atoms with van der Waals surface area (Å²) in [6.07, 6.45) is 0. The summed E-state index contributed by atoms with van der Waals surface area (Å²) in [7, 11) is -3.63. The van der Waals surface area contributed by atoms with E-state index in [1.165, 1.54) is 23.5 Å². The van der Waals surface area contributed by atoms with E-state index in [-0.39, 0.29) is 16.2 Å². The minimum Gasteiger partial charge on any atom is -0.478 e. The van der Waals surface area contributed by atoms with E-state index in [1.807, 2.05) is 0 Å². The van der Waals surface area contributed by atoms with Crippen molar-refractivity contribution in [3.63, 3.8) is 0 Å². The molecule has 8 heteroatoms. The Balaban J connectivity index is 2.54. The number of hydrogen-bond acceptors (Lipinski definition) is 4. The predicted molar refractivity (Wildman–Crippen MR) is 88.7 cm³/mol. The normalized spacial score (nSPS) is 11.6. The molecule has 2 aromatic rings.